The molecule has 30 heavy (non-hydrogen) atoms. The summed E-state index contributed by atoms with van der Waals surface area (Å²) in [6.07, 6.45) is 2.33. The van der Waals surface area contributed by atoms with Gasteiger partial charge in [0.05, 0.1) is 24.9 Å². The van der Waals surface area contributed by atoms with Crippen molar-refractivity contribution in [3.8, 4) is 0 Å². The van der Waals surface area contributed by atoms with Crippen molar-refractivity contribution in [2.45, 2.75) is 25.6 Å². The van der Waals surface area contributed by atoms with E-state index in [4.69, 9.17) is 16.3 Å². The van der Waals surface area contributed by atoms with Gasteiger partial charge in [0.2, 0.25) is 0 Å². The summed E-state index contributed by atoms with van der Waals surface area (Å²) >= 11 is 5.96. The number of carbonyl (C=O) groups is 1. The maximum absolute atomic E-state index is 12.5. The summed E-state index contributed by atoms with van der Waals surface area (Å²) in [5, 5.41) is 13.0. The number of esters is 1. The van der Waals surface area contributed by atoms with E-state index in [1.807, 2.05) is 0 Å². The van der Waals surface area contributed by atoms with Gasteiger partial charge in [0.1, 0.15) is 24.3 Å². The molecule has 0 fully saturated rings. The molecule has 4 aromatic rings. The van der Waals surface area contributed by atoms with E-state index in [1.165, 1.54) is 6.33 Å². The molecular formula is C20H17ClN6O3. The first-order valence-corrected chi connectivity index (χ1v) is 9.58. The zero-order valence-corrected chi connectivity index (χ0v) is 16.5. The highest BCUT2D eigenvalue weighted by atomic mass is 35.5. The minimum absolute atomic E-state index is 0.0334. The summed E-state index contributed by atoms with van der Waals surface area (Å²) < 4.78 is 8.40. The molecule has 2 aromatic heterocycles. The lowest BCUT2D eigenvalue weighted by molar-refractivity contribution is -0.150. The van der Waals surface area contributed by atoms with Gasteiger partial charge < -0.3 is 4.74 Å². The van der Waals surface area contributed by atoms with Crippen LogP contribution < -0.4 is 5.56 Å². The molecule has 9 nitrogen and oxygen atoms in total. The average molecular weight is 425 g/mol. The Morgan fingerprint density at radius 3 is 2.70 bits per heavy atom. The zero-order valence-electron chi connectivity index (χ0n) is 15.8. The van der Waals surface area contributed by atoms with Gasteiger partial charge in [-0.1, -0.05) is 41.1 Å². The second kappa shape index (κ2) is 8.83. The fraction of sp³-hybridized carbons (Fsp3) is 0.200. The van der Waals surface area contributed by atoms with Crippen LogP contribution in [0.15, 0.2) is 66.0 Å². The number of nitrogens with zero attached hydrogens (tertiary/aromatic N) is 6. The van der Waals surface area contributed by atoms with Crippen molar-refractivity contribution in [3.05, 3.63) is 82.1 Å². The van der Waals surface area contributed by atoms with E-state index in [0.717, 1.165) is 10.2 Å². The molecule has 2 heterocycles. The Bertz CT molecular complexity index is 1210. The third-order valence-electron chi connectivity index (χ3n) is 4.49. The van der Waals surface area contributed by atoms with Gasteiger partial charge in [-0.2, -0.15) is 5.10 Å². The highest BCUT2D eigenvalue weighted by Crippen LogP contribution is 2.22. The van der Waals surface area contributed by atoms with Crippen LogP contribution in [0.1, 0.15) is 18.1 Å². The zero-order chi connectivity index (χ0) is 20.9. The van der Waals surface area contributed by atoms with Crippen LogP contribution in [0.3, 0.4) is 0 Å². The van der Waals surface area contributed by atoms with E-state index in [2.05, 4.69) is 20.4 Å². The van der Waals surface area contributed by atoms with Gasteiger partial charge in [0.15, 0.2) is 0 Å². The number of hydrogen-bond donors (Lipinski definition) is 0. The van der Waals surface area contributed by atoms with Gasteiger partial charge >= 0.3 is 5.97 Å². The molecule has 1 unspecified atom stereocenters. The lowest BCUT2D eigenvalue weighted by atomic mass is 10.1. The Morgan fingerprint density at radius 2 is 1.93 bits per heavy atom. The second-order valence-corrected chi connectivity index (χ2v) is 6.97. The highest BCUT2D eigenvalue weighted by molar-refractivity contribution is 6.30. The molecule has 10 heteroatoms. The molecule has 2 aromatic carbocycles. The van der Waals surface area contributed by atoms with Crippen molar-refractivity contribution in [3.63, 3.8) is 0 Å². The van der Waals surface area contributed by atoms with Crippen LogP contribution in [0.5, 0.6) is 0 Å². The van der Waals surface area contributed by atoms with E-state index in [9.17, 15) is 9.59 Å². The number of halogens is 1. The van der Waals surface area contributed by atoms with Gasteiger partial charge in [0, 0.05) is 5.02 Å². The predicted octanol–water partition coefficient (Wildman–Crippen LogP) is 2.41. The van der Waals surface area contributed by atoms with Crippen LogP contribution in [0, 0.1) is 0 Å². The maximum atomic E-state index is 12.5. The highest BCUT2D eigenvalue weighted by Gasteiger charge is 2.19. The molecule has 0 aliphatic rings. The van der Waals surface area contributed by atoms with Crippen LogP contribution in [0.25, 0.3) is 10.9 Å². The van der Waals surface area contributed by atoms with Crippen molar-refractivity contribution in [1.29, 1.82) is 0 Å². The Labute approximate surface area is 175 Å². The van der Waals surface area contributed by atoms with Crippen molar-refractivity contribution in [2.24, 2.45) is 0 Å². The van der Waals surface area contributed by atoms with E-state index in [1.54, 1.807) is 59.5 Å². The lowest BCUT2D eigenvalue weighted by Crippen LogP contribution is -2.26. The smallest absolute Gasteiger partial charge is 0.308 e. The lowest BCUT2D eigenvalue weighted by Gasteiger charge is -2.18. The summed E-state index contributed by atoms with van der Waals surface area (Å²) in [6.45, 7) is 0.356. The Kier molecular flexibility index (Phi) is 5.80. The van der Waals surface area contributed by atoms with Crippen LogP contribution >= 0.6 is 11.6 Å². The molecule has 0 spiro atoms. The van der Waals surface area contributed by atoms with Crippen LogP contribution in [0.2, 0.25) is 5.02 Å². The Morgan fingerprint density at radius 1 is 1.13 bits per heavy atom. The van der Waals surface area contributed by atoms with Crippen molar-refractivity contribution >= 4 is 28.5 Å². The standard InChI is InChI=1S/C20H17ClN6O3/c21-15-7-5-14(6-8-15)18(11-26-13-22-12-23-26)30-19(28)9-10-27-20(29)16-3-1-2-4-17(16)24-25-27/h1-8,12-13,18H,9-11H2. The number of ether oxygens (including phenoxy) is 1. The molecule has 0 aliphatic carbocycles. The van der Waals surface area contributed by atoms with Gasteiger partial charge in [-0.25, -0.2) is 14.3 Å². The third-order valence-corrected chi connectivity index (χ3v) is 4.74. The average Bonchev–Trinajstić information content (AvgIpc) is 3.27. The fourth-order valence-electron chi connectivity index (χ4n) is 2.97. The van der Waals surface area contributed by atoms with Gasteiger partial charge in [0.25, 0.3) is 5.56 Å². The first kappa shape index (κ1) is 19.7. The van der Waals surface area contributed by atoms with Crippen LogP contribution in [0.4, 0.5) is 0 Å². The van der Waals surface area contributed by atoms with E-state index in [-0.39, 0.29) is 18.5 Å². The summed E-state index contributed by atoms with van der Waals surface area (Å²) in [4.78, 5) is 28.9. The molecule has 1 atom stereocenters. The van der Waals surface area contributed by atoms with Gasteiger partial charge in [-0.15, -0.1) is 5.10 Å². The number of hydrogen-bond acceptors (Lipinski definition) is 7. The molecule has 0 saturated carbocycles. The summed E-state index contributed by atoms with van der Waals surface area (Å²) in [5.41, 5.74) is 0.980. The van der Waals surface area contributed by atoms with Gasteiger partial charge in [-0.05, 0) is 29.8 Å². The van der Waals surface area contributed by atoms with Crippen molar-refractivity contribution in [1.82, 2.24) is 29.8 Å². The predicted molar refractivity (Wildman–Crippen MR) is 109 cm³/mol. The minimum atomic E-state index is -0.587. The number of aryl methyl sites for hydroxylation is 1. The molecular weight excluding hydrogens is 408 g/mol. The van der Waals surface area contributed by atoms with E-state index in [0.29, 0.717) is 22.5 Å². The third kappa shape index (κ3) is 4.52. The summed E-state index contributed by atoms with van der Waals surface area (Å²) in [5.74, 6) is -0.475. The summed E-state index contributed by atoms with van der Waals surface area (Å²) in [7, 11) is 0. The van der Waals surface area contributed by atoms with Crippen LogP contribution in [-0.4, -0.2) is 35.7 Å². The fourth-order valence-corrected chi connectivity index (χ4v) is 3.10. The molecule has 0 amide bonds. The molecule has 0 radical (unpaired) electrons. The molecule has 0 aliphatic heterocycles. The molecule has 4 rings (SSSR count). The first-order valence-electron chi connectivity index (χ1n) is 9.20. The normalized spacial score (nSPS) is 12.0. The van der Waals surface area contributed by atoms with E-state index < -0.39 is 12.1 Å². The van der Waals surface area contributed by atoms with Gasteiger partial charge in [-0.3, -0.25) is 9.59 Å². The largest absolute Gasteiger partial charge is 0.455 e. The monoisotopic (exact) mass is 424 g/mol. The molecule has 0 saturated heterocycles. The summed E-state index contributed by atoms with van der Waals surface area (Å²) in [6, 6.07) is 14.0. The van der Waals surface area contributed by atoms with Crippen molar-refractivity contribution < 1.29 is 9.53 Å². The second-order valence-electron chi connectivity index (χ2n) is 6.53. The maximum Gasteiger partial charge on any atom is 0.308 e. The first-order chi connectivity index (χ1) is 14.6. The van der Waals surface area contributed by atoms with Crippen LogP contribution in [-0.2, 0) is 22.6 Å². The number of aromatic nitrogens is 6. The molecule has 152 valence electrons. The number of fused-ring (bicyclic) bond motifs is 1. The molecule has 0 N–H and O–H groups in total. The Balaban J connectivity index is 1.46. The number of benzene rings is 2. The van der Waals surface area contributed by atoms with E-state index >= 15 is 0 Å². The quantitative estimate of drug-likeness (QED) is 0.419. The van der Waals surface area contributed by atoms with Crippen molar-refractivity contribution in [2.75, 3.05) is 0 Å². The molecule has 0 bridgehead atoms. The SMILES string of the molecule is O=C(CCn1nnc2ccccc2c1=O)OC(Cn1cncn1)c1ccc(Cl)cc1. The minimum Gasteiger partial charge on any atom is -0.455 e. The number of rotatable bonds is 7. The number of carbonyl (C=O) groups excluding carboxylic acids is 1. The topological polar surface area (TPSA) is 105 Å². The Hall–Kier alpha value is -3.59.